The average Bonchev–Trinajstić information content (AvgIpc) is 2.96. The molecule has 0 aromatic rings. The maximum absolute atomic E-state index is 13.1. The molecule has 9 nitrogen and oxygen atoms in total. The van der Waals surface area contributed by atoms with E-state index in [4.69, 9.17) is 4.74 Å². The number of ether oxygens (including phenoxy) is 1. The third-order valence-corrected chi connectivity index (χ3v) is 4.56. The molecule has 0 unspecified atom stereocenters. The van der Waals surface area contributed by atoms with Crippen LogP contribution in [-0.2, 0) is 19.1 Å². The molecular weight excluding hydrogens is 366 g/mol. The fourth-order valence-electron chi connectivity index (χ4n) is 3.31. The summed E-state index contributed by atoms with van der Waals surface area (Å²) in [5.41, 5.74) is -0.195. The van der Waals surface area contributed by atoms with Crippen molar-refractivity contribution in [1.29, 1.82) is 0 Å². The van der Waals surface area contributed by atoms with Gasteiger partial charge < -0.3 is 20.1 Å². The fraction of sp³-hybridized carbons (Fsp3) is 0.684. The molecule has 0 aromatic heterocycles. The van der Waals surface area contributed by atoms with Crippen LogP contribution in [0, 0.1) is 5.92 Å². The molecule has 2 aliphatic rings. The molecule has 156 valence electrons. The highest BCUT2D eigenvalue weighted by Gasteiger charge is 2.42. The molecular formula is C19H29N3O6. The van der Waals surface area contributed by atoms with Crippen molar-refractivity contribution < 1.29 is 29.0 Å². The number of aliphatic carboxylic acids is 1. The largest absolute Gasteiger partial charge is 0.480 e. The van der Waals surface area contributed by atoms with Gasteiger partial charge in [-0.25, -0.2) is 9.59 Å². The van der Waals surface area contributed by atoms with Gasteiger partial charge in [0, 0.05) is 24.6 Å². The maximum Gasteiger partial charge on any atom is 0.408 e. The van der Waals surface area contributed by atoms with Gasteiger partial charge in [0.1, 0.15) is 17.7 Å². The van der Waals surface area contributed by atoms with Gasteiger partial charge in [-0.05, 0) is 27.2 Å². The summed E-state index contributed by atoms with van der Waals surface area (Å²) in [5.74, 6) is -2.06. The summed E-state index contributed by atoms with van der Waals surface area (Å²) in [4.78, 5) is 52.3. The number of carbonyl (C=O) groups is 4. The zero-order valence-electron chi connectivity index (χ0n) is 17.0. The first kappa shape index (κ1) is 21.7. The van der Waals surface area contributed by atoms with E-state index < -0.39 is 35.7 Å². The Morgan fingerprint density at radius 1 is 1.29 bits per heavy atom. The molecule has 9 heteroatoms. The highest BCUT2D eigenvalue weighted by molar-refractivity contribution is 5.92. The summed E-state index contributed by atoms with van der Waals surface area (Å²) in [6, 6.07) is -2.10. The minimum Gasteiger partial charge on any atom is -0.480 e. The monoisotopic (exact) mass is 395 g/mol. The van der Waals surface area contributed by atoms with Crippen LogP contribution < -0.4 is 5.32 Å². The molecule has 0 radical (unpaired) electrons. The van der Waals surface area contributed by atoms with Gasteiger partial charge in [0.25, 0.3) is 5.91 Å². The van der Waals surface area contributed by atoms with Crippen molar-refractivity contribution >= 4 is 23.9 Å². The third kappa shape index (κ3) is 5.02. The van der Waals surface area contributed by atoms with Crippen molar-refractivity contribution in [2.45, 2.75) is 65.1 Å². The highest BCUT2D eigenvalue weighted by Crippen LogP contribution is 2.28. The lowest BCUT2D eigenvalue weighted by Gasteiger charge is -2.37. The summed E-state index contributed by atoms with van der Waals surface area (Å²) in [6.07, 6.45) is 1.51. The van der Waals surface area contributed by atoms with Gasteiger partial charge in [-0.15, -0.1) is 0 Å². The van der Waals surface area contributed by atoms with Crippen molar-refractivity contribution in [2.24, 2.45) is 5.92 Å². The summed E-state index contributed by atoms with van der Waals surface area (Å²) < 4.78 is 5.23. The van der Waals surface area contributed by atoms with Gasteiger partial charge >= 0.3 is 12.1 Å². The molecule has 0 bridgehead atoms. The number of alkyl carbamates (subject to hydrolysis) is 1. The van der Waals surface area contributed by atoms with E-state index in [0.717, 1.165) is 0 Å². The summed E-state index contributed by atoms with van der Waals surface area (Å²) in [5, 5.41) is 12.0. The number of nitrogens with zero attached hydrogens (tertiary/aromatic N) is 2. The zero-order chi connectivity index (χ0) is 21.2. The number of hydrogen-bond donors (Lipinski definition) is 2. The summed E-state index contributed by atoms with van der Waals surface area (Å²) >= 11 is 0. The van der Waals surface area contributed by atoms with E-state index in [-0.39, 0.29) is 24.8 Å². The van der Waals surface area contributed by atoms with E-state index >= 15 is 0 Å². The van der Waals surface area contributed by atoms with E-state index in [1.54, 1.807) is 40.7 Å². The number of nitrogens with one attached hydrogen (secondary N) is 1. The van der Waals surface area contributed by atoms with Crippen molar-refractivity contribution in [3.8, 4) is 0 Å². The van der Waals surface area contributed by atoms with Crippen molar-refractivity contribution in [3.05, 3.63) is 11.8 Å². The molecule has 2 atom stereocenters. The van der Waals surface area contributed by atoms with E-state index in [9.17, 15) is 24.3 Å². The standard InChI is InChI=1S/C19H29N3O6/c1-11(2)15(23)21-9-8-12-6-7-14(17(25)26)22(12)16(24)13(10-21)20-18(27)28-19(3,4)5/h6,11,13-14H,7-10H2,1-5H3,(H,20,27)(H,25,26)/t13-,14-/m0/s1. The molecule has 1 fully saturated rings. The molecule has 28 heavy (non-hydrogen) atoms. The first-order valence-electron chi connectivity index (χ1n) is 9.44. The van der Waals surface area contributed by atoms with E-state index in [1.165, 1.54) is 9.80 Å². The quantitative estimate of drug-likeness (QED) is 0.745. The third-order valence-electron chi connectivity index (χ3n) is 4.56. The predicted octanol–water partition coefficient (Wildman–Crippen LogP) is 1.34. The minimum absolute atomic E-state index is 0.0365. The lowest BCUT2D eigenvalue weighted by Crippen LogP contribution is -2.59. The Morgan fingerprint density at radius 2 is 1.93 bits per heavy atom. The van der Waals surface area contributed by atoms with Crippen molar-refractivity contribution in [2.75, 3.05) is 13.1 Å². The first-order chi connectivity index (χ1) is 12.9. The van der Waals surface area contributed by atoms with Crippen LogP contribution in [0.4, 0.5) is 4.79 Å². The molecule has 0 aliphatic carbocycles. The Balaban J connectivity index is 2.31. The second-order valence-electron chi connectivity index (χ2n) is 8.38. The van der Waals surface area contributed by atoms with Gasteiger partial charge in [0.2, 0.25) is 5.91 Å². The molecule has 2 rings (SSSR count). The normalized spacial score (nSPS) is 22.9. The predicted molar refractivity (Wildman–Crippen MR) is 100 cm³/mol. The summed E-state index contributed by atoms with van der Waals surface area (Å²) in [7, 11) is 0. The molecule has 3 amide bonds. The molecule has 2 N–H and O–H groups in total. The van der Waals surface area contributed by atoms with Gasteiger partial charge in [0.05, 0.1) is 6.54 Å². The number of amides is 3. The van der Waals surface area contributed by atoms with E-state index in [2.05, 4.69) is 5.32 Å². The van der Waals surface area contributed by atoms with Crippen LogP contribution in [0.5, 0.6) is 0 Å². The number of hydrogen-bond acceptors (Lipinski definition) is 5. The number of carboxylic acid groups (broad SMARTS) is 1. The molecule has 0 aromatic carbocycles. The molecule has 1 saturated heterocycles. The zero-order valence-corrected chi connectivity index (χ0v) is 17.0. The fourth-order valence-corrected chi connectivity index (χ4v) is 3.31. The summed E-state index contributed by atoms with van der Waals surface area (Å²) in [6.45, 7) is 8.92. The Bertz CT molecular complexity index is 694. The first-order valence-corrected chi connectivity index (χ1v) is 9.44. The van der Waals surface area contributed by atoms with Crippen molar-refractivity contribution in [3.63, 3.8) is 0 Å². The Kier molecular flexibility index (Phi) is 6.36. The van der Waals surface area contributed by atoms with Crippen LogP contribution in [0.2, 0.25) is 0 Å². The van der Waals surface area contributed by atoms with Gasteiger partial charge in [0.15, 0.2) is 0 Å². The number of carbonyl (C=O) groups excluding carboxylic acids is 3. The van der Waals surface area contributed by atoms with Gasteiger partial charge in [-0.2, -0.15) is 0 Å². The second kappa shape index (κ2) is 8.20. The van der Waals surface area contributed by atoms with E-state index in [1.807, 2.05) is 0 Å². The molecule has 2 aliphatic heterocycles. The van der Waals surface area contributed by atoms with Crippen LogP contribution in [0.25, 0.3) is 0 Å². The number of rotatable bonds is 3. The molecule has 2 heterocycles. The number of fused-ring (bicyclic) bond motifs is 1. The SMILES string of the molecule is CC(C)C(=O)N1CCC2=CC[C@@H](C(=O)O)N2C(=O)[C@@H](NC(=O)OC(C)(C)C)C1. The van der Waals surface area contributed by atoms with Crippen LogP contribution in [0.15, 0.2) is 11.8 Å². The lowest BCUT2D eigenvalue weighted by molar-refractivity contribution is -0.149. The Hall–Kier alpha value is -2.58. The Morgan fingerprint density at radius 3 is 2.46 bits per heavy atom. The van der Waals surface area contributed by atoms with Crippen LogP contribution in [0.1, 0.15) is 47.5 Å². The average molecular weight is 395 g/mol. The van der Waals surface area contributed by atoms with E-state index in [0.29, 0.717) is 18.7 Å². The van der Waals surface area contributed by atoms with Crippen LogP contribution in [0.3, 0.4) is 0 Å². The Labute approximate surface area is 164 Å². The lowest BCUT2D eigenvalue weighted by atomic mass is 10.1. The van der Waals surface area contributed by atoms with Gasteiger partial charge in [-0.1, -0.05) is 19.9 Å². The minimum atomic E-state index is -1.11. The molecule has 0 spiro atoms. The molecule has 0 saturated carbocycles. The second-order valence-corrected chi connectivity index (χ2v) is 8.38. The van der Waals surface area contributed by atoms with Crippen LogP contribution in [-0.4, -0.2) is 69.6 Å². The van der Waals surface area contributed by atoms with Crippen molar-refractivity contribution in [1.82, 2.24) is 15.1 Å². The smallest absolute Gasteiger partial charge is 0.408 e. The maximum atomic E-state index is 13.1. The number of carboxylic acids is 1. The highest BCUT2D eigenvalue weighted by atomic mass is 16.6. The van der Waals surface area contributed by atoms with Crippen LogP contribution >= 0.6 is 0 Å². The topological polar surface area (TPSA) is 116 Å². The van der Waals surface area contributed by atoms with Gasteiger partial charge in [-0.3, -0.25) is 14.5 Å².